The van der Waals surface area contributed by atoms with Crippen molar-refractivity contribution in [1.82, 2.24) is 4.90 Å². The molecule has 0 saturated carbocycles. The smallest absolute Gasteiger partial charge is 0.407 e. The number of epoxide rings is 1. The van der Waals surface area contributed by atoms with Crippen LogP contribution in [0.5, 0.6) is 0 Å². The summed E-state index contributed by atoms with van der Waals surface area (Å²) in [7, 11) is 1.60. The van der Waals surface area contributed by atoms with Crippen LogP contribution < -0.4 is 0 Å². The van der Waals surface area contributed by atoms with E-state index in [4.69, 9.17) is 9.84 Å². The van der Waals surface area contributed by atoms with E-state index in [1.165, 1.54) is 4.90 Å². The minimum absolute atomic E-state index is 0.0623. The van der Waals surface area contributed by atoms with Gasteiger partial charge >= 0.3 is 6.09 Å². The fourth-order valence-corrected chi connectivity index (χ4v) is 2.74. The quantitative estimate of drug-likeness (QED) is 0.645. The zero-order valence-electron chi connectivity index (χ0n) is 9.57. The highest BCUT2D eigenvalue weighted by Crippen LogP contribution is 2.26. The number of carbonyl (C=O) groups is 1. The number of benzene rings is 1. The maximum atomic E-state index is 10.9. The average Bonchev–Trinajstić information content (AvgIpc) is 3.15. The van der Waals surface area contributed by atoms with Gasteiger partial charge in [-0.3, -0.25) is 0 Å². The number of amides is 1. The highest BCUT2D eigenvalue weighted by Gasteiger charge is 2.37. The minimum Gasteiger partial charge on any atom is -0.465 e. The van der Waals surface area contributed by atoms with Gasteiger partial charge in [0.05, 0.1) is 12.6 Å². The van der Waals surface area contributed by atoms with Crippen molar-refractivity contribution in [3.05, 3.63) is 30.3 Å². The lowest BCUT2D eigenvalue weighted by molar-refractivity contribution is 0.134. The molecule has 1 saturated heterocycles. The molecule has 2 rings (SSSR count). The number of rotatable bonds is 5. The normalized spacial score (nSPS) is 19.7. The molecule has 92 valence electrons. The van der Waals surface area contributed by atoms with Gasteiger partial charge in [-0.15, -0.1) is 11.8 Å². The molecule has 1 N–H and O–H groups in total. The summed E-state index contributed by atoms with van der Waals surface area (Å²) in [6, 6.07) is 9.90. The zero-order chi connectivity index (χ0) is 12.3. The predicted octanol–water partition coefficient (Wildman–Crippen LogP) is 2.16. The first-order valence-corrected chi connectivity index (χ1v) is 6.42. The van der Waals surface area contributed by atoms with Crippen molar-refractivity contribution in [2.75, 3.05) is 19.4 Å². The van der Waals surface area contributed by atoms with Gasteiger partial charge in [0.1, 0.15) is 6.10 Å². The predicted molar refractivity (Wildman–Crippen MR) is 66.5 cm³/mol. The Bertz CT molecular complexity index is 381. The van der Waals surface area contributed by atoms with Gasteiger partial charge in [0, 0.05) is 17.7 Å². The number of carboxylic acid groups (broad SMARTS) is 1. The number of thioether (sulfide) groups is 1. The Balaban J connectivity index is 1.92. The van der Waals surface area contributed by atoms with Crippen molar-refractivity contribution >= 4 is 17.9 Å². The maximum Gasteiger partial charge on any atom is 0.407 e. The molecule has 0 bridgehead atoms. The van der Waals surface area contributed by atoms with Crippen LogP contribution >= 0.6 is 11.8 Å². The van der Waals surface area contributed by atoms with Crippen molar-refractivity contribution in [3.8, 4) is 0 Å². The third-order valence-corrected chi connectivity index (χ3v) is 3.87. The maximum absolute atomic E-state index is 10.9. The van der Waals surface area contributed by atoms with Gasteiger partial charge in [-0.05, 0) is 12.1 Å². The van der Waals surface area contributed by atoms with E-state index in [0.29, 0.717) is 6.61 Å². The molecule has 5 heteroatoms. The first kappa shape index (κ1) is 12.3. The molecule has 0 aromatic heterocycles. The van der Waals surface area contributed by atoms with E-state index >= 15 is 0 Å². The van der Waals surface area contributed by atoms with E-state index in [1.54, 1.807) is 18.8 Å². The van der Waals surface area contributed by atoms with E-state index in [0.717, 1.165) is 10.6 Å². The highest BCUT2D eigenvalue weighted by molar-refractivity contribution is 7.99. The van der Waals surface area contributed by atoms with Crippen LogP contribution in [0.3, 0.4) is 0 Å². The van der Waals surface area contributed by atoms with Gasteiger partial charge in [0.15, 0.2) is 0 Å². The number of hydrogen-bond acceptors (Lipinski definition) is 3. The third-order valence-electron chi connectivity index (χ3n) is 2.75. The standard InChI is InChI=1S/C12H15NO3S/c1-13(12(14)15)10(11-7-16-11)8-17-9-5-3-2-4-6-9/h2-6,10-11H,7-8H2,1H3,(H,14,15)/t10-,11+/m0/s1. The van der Waals surface area contributed by atoms with Gasteiger partial charge in [-0.25, -0.2) is 4.79 Å². The Morgan fingerprint density at radius 1 is 1.59 bits per heavy atom. The van der Waals surface area contributed by atoms with Gasteiger partial charge in [-0.2, -0.15) is 0 Å². The van der Waals surface area contributed by atoms with Crippen LogP contribution in [0.2, 0.25) is 0 Å². The molecule has 1 aliphatic heterocycles. The van der Waals surface area contributed by atoms with E-state index in [-0.39, 0.29) is 12.1 Å². The molecule has 17 heavy (non-hydrogen) atoms. The molecule has 1 fully saturated rings. The fraction of sp³-hybridized carbons (Fsp3) is 0.417. The number of nitrogens with zero attached hydrogens (tertiary/aromatic N) is 1. The summed E-state index contributed by atoms with van der Waals surface area (Å²) in [5.41, 5.74) is 0. The van der Waals surface area contributed by atoms with E-state index in [9.17, 15) is 4.79 Å². The van der Waals surface area contributed by atoms with Crippen LogP contribution in [0.25, 0.3) is 0 Å². The Labute approximate surface area is 105 Å². The lowest BCUT2D eigenvalue weighted by Gasteiger charge is -2.23. The summed E-state index contributed by atoms with van der Waals surface area (Å²) in [6.45, 7) is 0.664. The van der Waals surface area contributed by atoms with Crippen LogP contribution in [-0.2, 0) is 4.74 Å². The molecule has 1 aliphatic rings. The molecule has 2 atom stereocenters. The van der Waals surface area contributed by atoms with E-state index in [1.807, 2.05) is 30.3 Å². The summed E-state index contributed by atoms with van der Waals surface area (Å²) < 4.78 is 5.21. The van der Waals surface area contributed by atoms with Crippen LogP contribution in [0, 0.1) is 0 Å². The van der Waals surface area contributed by atoms with Gasteiger partial charge in [-0.1, -0.05) is 18.2 Å². The largest absolute Gasteiger partial charge is 0.465 e. The molecule has 0 radical (unpaired) electrons. The van der Waals surface area contributed by atoms with Crippen LogP contribution in [0.1, 0.15) is 0 Å². The minimum atomic E-state index is -0.904. The van der Waals surface area contributed by atoms with E-state index < -0.39 is 6.09 Å². The van der Waals surface area contributed by atoms with Crippen molar-refractivity contribution in [2.45, 2.75) is 17.0 Å². The number of hydrogen-bond donors (Lipinski definition) is 1. The molecule has 1 heterocycles. The zero-order valence-corrected chi connectivity index (χ0v) is 10.4. The Kier molecular flexibility index (Phi) is 3.91. The van der Waals surface area contributed by atoms with Crippen LogP contribution in [0.4, 0.5) is 4.79 Å². The monoisotopic (exact) mass is 253 g/mol. The highest BCUT2D eigenvalue weighted by atomic mass is 32.2. The topological polar surface area (TPSA) is 53.1 Å². The molecule has 4 nitrogen and oxygen atoms in total. The summed E-state index contributed by atoms with van der Waals surface area (Å²) in [4.78, 5) is 13.4. The molecule has 1 aromatic rings. The molecular formula is C12H15NO3S. The lowest BCUT2D eigenvalue weighted by atomic mass is 10.2. The second kappa shape index (κ2) is 5.42. The first-order chi connectivity index (χ1) is 8.18. The Hall–Kier alpha value is -1.20. The van der Waals surface area contributed by atoms with Crippen molar-refractivity contribution in [2.24, 2.45) is 0 Å². The summed E-state index contributed by atoms with van der Waals surface area (Å²) in [5.74, 6) is 0.720. The van der Waals surface area contributed by atoms with Crippen molar-refractivity contribution in [1.29, 1.82) is 0 Å². The molecule has 0 aliphatic carbocycles. The second-order valence-corrected chi connectivity index (χ2v) is 5.05. The fourth-order valence-electron chi connectivity index (χ4n) is 1.59. The average molecular weight is 253 g/mol. The summed E-state index contributed by atoms with van der Waals surface area (Å²) >= 11 is 1.66. The van der Waals surface area contributed by atoms with Crippen LogP contribution in [0.15, 0.2) is 35.2 Å². The second-order valence-electron chi connectivity index (χ2n) is 3.96. The summed E-state index contributed by atoms with van der Waals surface area (Å²) in [5, 5.41) is 8.99. The molecule has 1 aromatic carbocycles. The third kappa shape index (κ3) is 3.38. The molecular weight excluding hydrogens is 238 g/mol. The summed E-state index contributed by atoms with van der Waals surface area (Å²) in [6.07, 6.45) is -0.841. The first-order valence-electron chi connectivity index (χ1n) is 5.43. The van der Waals surface area contributed by atoms with Crippen LogP contribution in [-0.4, -0.2) is 47.7 Å². The van der Waals surface area contributed by atoms with E-state index in [2.05, 4.69) is 0 Å². The Morgan fingerprint density at radius 3 is 2.76 bits per heavy atom. The number of likely N-dealkylation sites (N-methyl/N-ethyl adjacent to an activating group) is 1. The van der Waals surface area contributed by atoms with Gasteiger partial charge in [0.2, 0.25) is 0 Å². The van der Waals surface area contributed by atoms with Gasteiger partial charge in [0.25, 0.3) is 0 Å². The van der Waals surface area contributed by atoms with Crippen molar-refractivity contribution in [3.63, 3.8) is 0 Å². The molecule has 0 unspecified atom stereocenters. The van der Waals surface area contributed by atoms with Crippen molar-refractivity contribution < 1.29 is 14.6 Å². The Morgan fingerprint density at radius 2 is 2.24 bits per heavy atom. The molecule has 0 spiro atoms. The molecule has 1 amide bonds. The SMILES string of the molecule is CN(C(=O)O)[C@@H](CSc1ccccc1)[C@H]1CO1. The number of ether oxygens (including phenoxy) is 1. The lowest BCUT2D eigenvalue weighted by Crippen LogP contribution is -2.41. The van der Waals surface area contributed by atoms with Gasteiger partial charge < -0.3 is 14.7 Å².